The van der Waals surface area contributed by atoms with Crippen LogP contribution in [0.4, 0.5) is 4.39 Å². The number of benzene rings is 1. The molecule has 0 saturated carbocycles. The monoisotopic (exact) mass is 216 g/mol. The number of aromatic carboxylic acids is 1. The van der Waals surface area contributed by atoms with Gasteiger partial charge in [0.15, 0.2) is 23.1 Å². The van der Waals surface area contributed by atoms with Crippen LogP contribution in [0.2, 0.25) is 0 Å². The van der Waals surface area contributed by atoms with Gasteiger partial charge >= 0.3 is 5.97 Å². The van der Waals surface area contributed by atoms with Gasteiger partial charge in [-0.1, -0.05) is 0 Å². The number of carboxylic acids is 1. The Bertz CT molecular complexity index is 402. The zero-order valence-corrected chi connectivity index (χ0v) is 8.07. The van der Waals surface area contributed by atoms with E-state index < -0.39 is 23.1 Å². The third kappa shape index (κ3) is 1.78. The molecular weight excluding hydrogens is 207 g/mol. The molecule has 0 spiro atoms. The molecule has 0 fully saturated rings. The van der Waals surface area contributed by atoms with E-state index >= 15 is 0 Å². The summed E-state index contributed by atoms with van der Waals surface area (Å²) in [5.41, 5.74) is -0.755. The summed E-state index contributed by atoms with van der Waals surface area (Å²) < 4.78 is 22.7. The summed E-state index contributed by atoms with van der Waals surface area (Å²) in [7, 11) is 2.43. The van der Waals surface area contributed by atoms with Crippen molar-refractivity contribution in [2.75, 3.05) is 14.2 Å². The molecule has 0 unspecified atom stereocenters. The standard InChI is InChI=1S/C9H9FO5/c1-14-5-3-4(11)7(10)6(9(12)13)8(5)15-2/h3,11H,1-2H3,(H,12,13). The van der Waals surface area contributed by atoms with Crippen molar-refractivity contribution in [2.24, 2.45) is 0 Å². The normalized spacial score (nSPS) is 9.80. The van der Waals surface area contributed by atoms with Crippen LogP contribution in [0.5, 0.6) is 17.2 Å². The molecule has 6 heteroatoms. The van der Waals surface area contributed by atoms with Crippen LogP contribution in [0.15, 0.2) is 6.07 Å². The number of hydrogen-bond donors (Lipinski definition) is 2. The molecule has 0 aromatic heterocycles. The smallest absolute Gasteiger partial charge is 0.342 e. The molecule has 0 bridgehead atoms. The molecule has 1 aromatic carbocycles. The van der Waals surface area contributed by atoms with Crippen molar-refractivity contribution < 1.29 is 28.9 Å². The Kier molecular flexibility index (Phi) is 2.99. The first-order chi connectivity index (χ1) is 7.02. The predicted octanol–water partition coefficient (Wildman–Crippen LogP) is 1.25. The molecule has 0 radical (unpaired) electrons. The van der Waals surface area contributed by atoms with Crippen LogP contribution in [0.25, 0.3) is 0 Å². The van der Waals surface area contributed by atoms with Crippen molar-refractivity contribution >= 4 is 5.97 Å². The van der Waals surface area contributed by atoms with Crippen molar-refractivity contribution in [2.45, 2.75) is 0 Å². The molecule has 15 heavy (non-hydrogen) atoms. The second kappa shape index (κ2) is 4.04. The zero-order valence-electron chi connectivity index (χ0n) is 8.07. The highest BCUT2D eigenvalue weighted by Gasteiger charge is 2.24. The van der Waals surface area contributed by atoms with Crippen LogP contribution in [0.3, 0.4) is 0 Å². The van der Waals surface area contributed by atoms with Gasteiger partial charge in [-0.2, -0.15) is 0 Å². The molecule has 0 heterocycles. The fourth-order valence-electron chi connectivity index (χ4n) is 1.15. The average Bonchev–Trinajstić information content (AvgIpc) is 2.20. The number of rotatable bonds is 3. The summed E-state index contributed by atoms with van der Waals surface area (Å²) in [5.74, 6) is -3.90. The number of carboxylic acid groups (broad SMARTS) is 1. The fraction of sp³-hybridized carbons (Fsp3) is 0.222. The molecule has 0 aliphatic rings. The molecular formula is C9H9FO5. The maximum absolute atomic E-state index is 13.2. The molecule has 1 aromatic rings. The highest BCUT2D eigenvalue weighted by Crippen LogP contribution is 2.37. The lowest BCUT2D eigenvalue weighted by Gasteiger charge is -2.11. The fourth-order valence-corrected chi connectivity index (χ4v) is 1.15. The Labute approximate surface area is 84.7 Å². The maximum Gasteiger partial charge on any atom is 0.342 e. The average molecular weight is 216 g/mol. The largest absolute Gasteiger partial charge is 0.505 e. The lowest BCUT2D eigenvalue weighted by atomic mass is 10.1. The number of aromatic hydroxyl groups is 1. The van der Waals surface area contributed by atoms with Gasteiger partial charge < -0.3 is 19.7 Å². The molecule has 0 atom stereocenters. The minimum atomic E-state index is -1.54. The molecule has 82 valence electrons. The van der Waals surface area contributed by atoms with E-state index in [1.807, 2.05) is 0 Å². The van der Waals surface area contributed by atoms with Crippen LogP contribution >= 0.6 is 0 Å². The van der Waals surface area contributed by atoms with E-state index in [-0.39, 0.29) is 11.5 Å². The molecule has 0 saturated heterocycles. The van der Waals surface area contributed by atoms with Gasteiger partial charge in [-0.15, -0.1) is 0 Å². The number of ether oxygens (including phenoxy) is 2. The highest BCUT2D eigenvalue weighted by atomic mass is 19.1. The van der Waals surface area contributed by atoms with Gasteiger partial charge in [0, 0.05) is 6.07 Å². The molecule has 0 amide bonds. The summed E-state index contributed by atoms with van der Waals surface area (Å²) >= 11 is 0. The first kappa shape index (κ1) is 11.1. The van der Waals surface area contributed by atoms with Crippen molar-refractivity contribution in [3.8, 4) is 17.2 Å². The Morgan fingerprint density at radius 1 is 1.40 bits per heavy atom. The van der Waals surface area contributed by atoms with E-state index in [0.717, 1.165) is 6.07 Å². The summed E-state index contributed by atoms with van der Waals surface area (Å²) in [6, 6.07) is 0.945. The second-order valence-corrected chi connectivity index (χ2v) is 2.63. The predicted molar refractivity (Wildman–Crippen MR) is 48.1 cm³/mol. The van der Waals surface area contributed by atoms with E-state index in [2.05, 4.69) is 0 Å². The first-order valence-electron chi connectivity index (χ1n) is 3.89. The first-order valence-corrected chi connectivity index (χ1v) is 3.89. The summed E-state index contributed by atoms with van der Waals surface area (Å²) in [6.07, 6.45) is 0. The van der Waals surface area contributed by atoms with E-state index in [1.165, 1.54) is 14.2 Å². The van der Waals surface area contributed by atoms with Crippen molar-refractivity contribution in [1.82, 2.24) is 0 Å². The minimum absolute atomic E-state index is 0.0474. The quantitative estimate of drug-likeness (QED) is 0.795. The van der Waals surface area contributed by atoms with E-state index in [9.17, 15) is 9.18 Å². The van der Waals surface area contributed by atoms with Gasteiger partial charge in [0.2, 0.25) is 0 Å². The highest BCUT2D eigenvalue weighted by molar-refractivity contribution is 5.93. The summed E-state index contributed by atoms with van der Waals surface area (Å²) in [4.78, 5) is 10.7. The van der Waals surface area contributed by atoms with Gasteiger partial charge in [0.05, 0.1) is 14.2 Å². The minimum Gasteiger partial charge on any atom is -0.505 e. The molecule has 0 aliphatic carbocycles. The van der Waals surface area contributed by atoms with E-state index in [1.54, 1.807) is 0 Å². The lowest BCUT2D eigenvalue weighted by molar-refractivity contribution is 0.0686. The van der Waals surface area contributed by atoms with Crippen molar-refractivity contribution in [3.63, 3.8) is 0 Å². The number of hydrogen-bond acceptors (Lipinski definition) is 4. The van der Waals surface area contributed by atoms with E-state index in [0.29, 0.717) is 0 Å². The Morgan fingerprint density at radius 3 is 2.40 bits per heavy atom. The van der Waals surface area contributed by atoms with Crippen LogP contribution < -0.4 is 9.47 Å². The topological polar surface area (TPSA) is 76.0 Å². The van der Waals surface area contributed by atoms with Crippen molar-refractivity contribution in [1.29, 1.82) is 0 Å². The third-order valence-corrected chi connectivity index (χ3v) is 1.80. The number of methoxy groups -OCH3 is 2. The SMILES string of the molecule is COc1cc(O)c(F)c(C(=O)O)c1OC. The molecule has 0 aliphatic heterocycles. The van der Waals surface area contributed by atoms with Gasteiger partial charge in [-0.3, -0.25) is 0 Å². The van der Waals surface area contributed by atoms with Crippen LogP contribution in [0, 0.1) is 5.82 Å². The van der Waals surface area contributed by atoms with Crippen molar-refractivity contribution in [3.05, 3.63) is 17.4 Å². The molecule has 1 rings (SSSR count). The lowest BCUT2D eigenvalue weighted by Crippen LogP contribution is -2.06. The zero-order chi connectivity index (χ0) is 11.6. The van der Waals surface area contributed by atoms with Crippen LogP contribution in [0.1, 0.15) is 10.4 Å². The number of phenolic OH excluding ortho intramolecular Hbond substituents is 1. The van der Waals surface area contributed by atoms with Gasteiger partial charge in [0.25, 0.3) is 0 Å². The summed E-state index contributed by atoms with van der Waals surface area (Å²) in [5, 5.41) is 17.8. The van der Waals surface area contributed by atoms with Crippen LogP contribution in [-0.4, -0.2) is 30.4 Å². The number of phenols is 1. The van der Waals surface area contributed by atoms with Crippen LogP contribution in [-0.2, 0) is 0 Å². The third-order valence-electron chi connectivity index (χ3n) is 1.80. The Morgan fingerprint density at radius 2 is 2.00 bits per heavy atom. The van der Waals surface area contributed by atoms with Gasteiger partial charge in [-0.25, -0.2) is 9.18 Å². The Hall–Kier alpha value is -1.98. The van der Waals surface area contributed by atoms with Gasteiger partial charge in [-0.05, 0) is 0 Å². The number of halogens is 1. The molecule has 5 nitrogen and oxygen atoms in total. The summed E-state index contributed by atoms with van der Waals surface area (Å²) in [6.45, 7) is 0. The second-order valence-electron chi connectivity index (χ2n) is 2.63. The number of carbonyl (C=O) groups is 1. The molecule has 2 N–H and O–H groups in total. The maximum atomic E-state index is 13.2. The Balaban J connectivity index is 3.56. The van der Waals surface area contributed by atoms with E-state index in [4.69, 9.17) is 19.7 Å². The van der Waals surface area contributed by atoms with Gasteiger partial charge in [0.1, 0.15) is 5.56 Å².